The van der Waals surface area contributed by atoms with Gasteiger partial charge in [-0.25, -0.2) is 4.98 Å². The first kappa shape index (κ1) is 20.0. The first-order chi connectivity index (χ1) is 12.7. The van der Waals surface area contributed by atoms with Crippen molar-refractivity contribution in [3.05, 3.63) is 28.9 Å². The number of halogens is 1. The van der Waals surface area contributed by atoms with E-state index in [1.807, 2.05) is 18.2 Å². The molecule has 3 rings (SSSR count). The fourth-order valence-electron chi connectivity index (χ4n) is 3.63. The van der Waals surface area contributed by atoms with Crippen LogP contribution in [0, 0.1) is 0 Å². The van der Waals surface area contributed by atoms with E-state index in [1.54, 1.807) is 13.3 Å². The summed E-state index contributed by atoms with van der Waals surface area (Å²) < 4.78 is 11.4. The number of pyridine rings is 1. The number of hydrogen-bond donors (Lipinski definition) is 1. The molecule has 0 unspecified atom stereocenters. The van der Waals surface area contributed by atoms with Gasteiger partial charge in [0.15, 0.2) is 18.4 Å². The maximum Gasteiger partial charge on any atom is 0.188 e. The highest BCUT2D eigenvalue weighted by Crippen LogP contribution is 2.30. The molecule has 27 heavy (non-hydrogen) atoms. The van der Waals surface area contributed by atoms with E-state index in [-0.39, 0.29) is 17.9 Å². The Kier molecular flexibility index (Phi) is 5.69. The van der Waals surface area contributed by atoms with E-state index in [0.717, 1.165) is 23.4 Å². The molecule has 2 aromatic heterocycles. The van der Waals surface area contributed by atoms with E-state index in [0.29, 0.717) is 17.1 Å². The van der Waals surface area contributed by atoms with Gasteiger partial charge in [-0.2, -0.15) is 0 Å². The molecule has 1 aliphatic heterocycles. The third kappa shape index (κ3) is 4.94. The number of hydrogen-bond acceptors (Lipinski definition) is 7. The van der Waals surface area contributed by atoms with E-state index in [2.05, 4.69) is 69.0 Å². The summed E-state index contributed by atoms with van der Waals surface area (Å²) in [5, 5.41) is 12.5. The Morgan fingerprint density at radius 1 is 1.15 bits per heavy atom. The molecule has 7 nitrogen and oxygen atoms in total. The maximum atomic E-state index is 5.62. The number of anilines is 1. The van der Waals surface area contributed by atoms with Gasteiger partial charge in [-0.15, -0.1) is 10.2 Å². The standard InChI is InChI=1S/C19H26BrN5O2/c1-18(2)10-25(11-19(3,4)24-18)16-7-6-14(22-23-16)17-15(27-12-26-5)8-13(20)9-21-17/h6-9,24H,10-12H2,1-5H3. The summed E-state index contributed by atoms with van der Waals surface area (Å²) in [6.45, 7) is 10.7. The summed E-state index contributed by atoms with van der Waals surface area (Å²) in [6, 6.07) is 5.77. The van der Waals surface area contributed by atoms with Gasteiger partial charge in [-0.1, -0.05) is 0 Å². The Labute approximate surface area is 168 Å². The molecule has 0 radical (unpaired) electrons. The molecule has 0 aromatic carbocycles. The van der Waals surface area contributed by atoms with Crippen molar-refractivity contribution >= 4 is 21.7 Å². The number of nitrogens with one attached hydrogen (secondary N) is 1. The summed E-state index contributed by atoms with van der Waals surface area (Å²) >= 11 is 3.41. The summed E-state index contributed by atoms with van der Waals surface area (Å²) in [5.41, 5.74) is 1.29. The lowest BCUT2D eigenvalue weighted by atomic mass is 9.91. The molecule has 0 amide bonds. The monoisotopic (exact) mass is 435 g/mol. The molecule has 8 heteroatoms. The molecule has 1 saturated heterocycles. The van der Waals surface area contributed by atoms with Crippen molar-refractivity contribution in [3.63, 3.8) is 0 Å². The molecule has 0 spiro atoms. The Bertz CT molecular complexity index is 779. The van der Waals surface area contributed by atoms with E-state index < -0.39 is 0 Å². The number of ether oxygens (including phenoxy) is 2. The van der Waals surface area contributed by atoms with E-state index in [9.17, 15) is 0 Å². The average Bonchev–Trinajstić information content (AvgIpc) is 2.57. The molecular weight excluding hydrogens is 410 g/mol. The van der Waals surface area contributed by atoms with Crippen LogP contribution in [0.25, 0.3) is 11.4 Å². The quantitative estimate of drug-likeness (QED) is 0.722. The Balaban J connectivity index is 1.86. The van der Waals surface area contributed by atoms with Crippen LogP contribution in [-0.4, -0.2) is 53.3 Å². The lowest BCUT2D eigenvalue weighted by molar-refractivity contribution is 0.0512. The number of methoxy groups -OCH3 is 1. The lowest BCUT2D eigenvalue weighted by Gasteiger charge is -2.48. The molecule has 0 saturated carbocycles. The van der Waals surface area contributed by atoms with Gasteiger partial charge in [-0.05, 0) is 61.8 Å². The molecule has 1 aliphatic rings. The van der Waals surface area contributed by atoms with Crippen LogP contribution < -0.4 is 15.0 Å². The van der Waals surface area contributed by atoms with Crippen LogP contribution in [0.5, 0.6) is 5.75 Å². The maximum absolute atomic E-state index is 5.62. The molecule has 3 heterocycles. The summed E-state index contributed by atoms with van der Waals surface area (Å²) in [6.07, 6.45) is 1.71. The molecule has 146 valence electrons. The topological polar surface area (TPSA) is 72.4 Å². The van der Waals surface area contributed by atoms with Crippen molar-refractivity contribution in [2.75, 3.05) is 31.9 Å². The van der Waals surface area contributed by atoms with Gasteiger partial charge >= 0.3 is 0 Å². The predicted molar refractivity (Wildman–Crippen MR) is 109 cm³/mol. The van der Waals surface area contributed by atoms with E-state index in [1.165, 1.54) is 0 Å². The second-order valence-corrected chi connectivity index (χ2v) is 8.99. The van der Waals surface area contributed by atoms with Crippen LogP contribution in [0.15, 0.2) is 28.9 Å². The fraction of sp³-hybridized carbons (Fsp3) is 0.526. The van der Waals surface area contributed by atoms with E-state index in [4.69, 9.17) is 9.47 Å². The smallest absolute Gasteiger partial charge is 0.188 e. The largest absolute Gasteiger partial charge is 0.465 e. The summed E-state index contributed by atoms with van der Waals surface area (Å²) in [4.78, 5) is 6.70. The van der Waals surface area contributed by atoms with Gasteiger partial charge in [0.1, 0.15) is 11.4 Å². The number of rotatable bonds is 5. The van der Waals surface area contributed by atoms with Crippen LogP contribution in [0.2, 0.25) is 0 Å². The molecule has 0 aliphatic carbocycles. The van der Waals surface area contributed by atoms with Crippen molar-refractivity contribution < 1.29 is 9.47 Å². The van der Waals surface area contributed by atoms with Gasteiger partial charge in [-0.3, -0.25) is 0 Å². The zero-order valence-corrected chi connectivity index (χ0v) is 18.0. The SMILES string of the molecule is COCOc1cc(Br)cnc1-c1ccc(N2CC(C)(C)NC(C)(C)C2)nn1. The number of piperazine rings is 1. The van der Waals surface area contributed by atoms with Gasteiger partial charge in [0.2, 0.25) is 0 Å². The van der Waals surface area contributed by atoms with Crippen molar-refractivity contribution in [1.82, 2.24) is 20.5 Å². The van der Waals surface area contributed by atoms with Gasteiger partial charge in [0.25, 0.3) is 0 Å². The summed E-state index contributed by atoms with van der Waals surface area (Å²) in [7, 11) is 1.58. The molecular formula is C19H26BrN5O2. The molecule has 2 aromatic rings. The highest BCUT2D eigenvalue weighted by molar-refractivity contribution is 9.10. The van der Waals surface area contributed by atoms with Crippen LogP contribution >= 0.6 is 15.9 Å². The van der Waals surface area contributed by atoms with Crippen LogP contribution in [0.1, 0.15) is 27.7 Å². The summed E-state index contributed by atoms with van der Waals surface area (Å²) in [5.74, 6) is 1.45. The first-order valence-electron chi connectivity index (χ1n) is 8.85. The Morgan fingerprint density at radius 3 is 2.44 bits per heavy atom. The van der Waals surface area contributed by atoms with Crippen molar-refractivity contribution in [2.24, 2.45) is 0 Å². The highest BCUT2D eigenvalue weighted by Gasteiger charge is 2.37. The molecule has 0 bridgehead atoms. The highest BCUT2D eigenvalue weighted by atomic mass is 79.9. The molecule has 0 atom stereocenters. The second kappa shape index (κ2) is 7.69. The lowest BCUT2D eigenvalue weighted by Crippen LogP contribution is -2.67. The predicted octanol–water partition coefficient (Wildman–Crippen LogP) is 3.25. The van der Waals surface area contributed by atoms with Crippen molar-refractivity contribution in [3.8, 4) is 17.1 Å². The number of nitrogens with zero attached hydrogens (tertiary/aromatic N) is 4. The Morgan fingerprint density at radius 2 is 1.85 bits per heavy atom. The number of aromatic nitrogens is 3. The third-order valence-electron chi connectivity index (χ3n) is 4.22. The van der Waals surface area contributed by atoms with Crippen molar-refractivity contribution in [2.45, 2.75) is 38.8 Å². The zero-order valence-electron chi connectivity index (χ0n) is 16.4. The minimum atomic E-state index is -0.00345. The van der Waals surface area contributed by atoms with Gasteiger partial charge in [0.05, 0.1) is 0 Å². The van der Waals surface area contributed by atoms with Crippen LogP contribution in [0.3, 0.4) is 0 Å². The molecule has 1 N–H and O–H groups in total. The first-order valence-corrected chi connectivity index (χ1v) is 9.64. The van der Waals surface area contributed by atoms with E-state index >= 15 is 0 Å². The normalized spacial score (nSPS) is 18.4. The van der Waals surface area contributed by atoms with Gasteiger partial charge < -0.3 is 19.7 Å². The van der Waals surface area contributed by atoms with Crippen LogP contribution in [0.4, 0.5) is 5.82 Å². The minimum Gasteiger partial charge on any atom is -0.465 e. The van der Waals surface area contributed by atoms with Crippen LogP contribution in [-0.2, 0) is 4.74 Å². The fourth-order valence-corrected chi connectivity index (χ4v) is 3.94. The average molecular weight is 436 g/mol. The minimum absolute atomic E-state index is 0.00345. The zero-order chi connectivity index (χ0) is 19.7. The Hall–Kier alpha value is -1.77. The van der Waals surface area contributed by atoms with Gasteiger partial charge in [0, 0.05) is 41.9 Å². The second-order valence-electron chi connectivity index (χ2n) is 8.08. The van der Waals surface area contributed by atoms with Crippen molar-refractivity contribution in [1.29, 1.82) is 0 Å². The molecule has 1 fully saturated rings. The third-order valence-corrected chi connectivity index (χ3v) is 4.65.